The number of halogens is 2. The van der Waals surface area contributed by atoms with Crippen molar-refractivity contribution in [3.8, 4) is 0 Å². The molecule has 0 saturated heterocycles. The predicted octanol–water partition coefficient (Wildman–Crippen LogP) is 4.20. The number of hydrogen-bond acceptors (Lipinski definition) is 5. The van der Waals surface area contributed by atoms with Crippen LogP contribution < -0.4 is 10.6 Å². The van der Waals surface area contributed by atoms with Gasteiger partial charge in [-0.05, 0) is 30.2 Å². The Bertz CT molecular complexity index is 834. The van der Waals surface area contributed by atoms with Crippen molar-refractivity contribution < 1.29 is 8.78 Å². The van der Waals surface area contributed by atoms with Gasteiger partial charge in [0.05, 0.1) is 6.20 Å². The molecule has 7 heteroatoms. The van der Waals surface area contributed by atoms with Crippen LogP contribution >= 0.6 is 0 Å². The maximum atomic E-state index is 13.7. The van der Waals surface area contributed by atoms with Crippen LogP contribution in [0.3, 0.4) is 0 Å². The van der Waals surface area contributed by atoms with Crippen molar-refractivity contribution in [2.45, 2.75) is 13.3 Å². The van der Waals surface area contributed by atoms with Crippen molar-refractivity contribution in [2.75, 3.05) is 10.6 Å². The zero-order valence-corrected chi connectivity index (χ0v) is 12.9. The molecule has 2 N–H and O–H groups in total. The predicted molar refractivity (Wildman–Crippen MR) is 88.6 cm³/mol. The average Bonchev–Trinajstić information content (AvgIpc) is 2.59. The smallest absolute Gasteiger partial charge is 0.249 e. The van der Waals surface area contributed by atoms with Crippen LogP contribution in [0.15, 0.2) is 48.7 Å². The summed E-state index contributed by atoms with van der Waals surface area (Å²) >= 11 is 0. The van der Waals surface area contributed by atoms with Crippen LogP contribution in [0.2, 0.25) is 0 Å². The van der Waals surface area contributed by atoms with E-state index in [0.717, 1.165) is 29.8 Å². The Morgan fingerprint density at radius 2 is 1.71 bits per heavy atom. The lowest BCUT2D eigenvalue weighted by atomic mass is 10.1. The Labute approximate surface area is 137 Å². The third-order valence-electron chi connectivity index (χ3n) is 3.42. The molecular formula is C17H15F2N5. The molecule has 122 valence electrons. The van der Waals surface area contributed by atoms with Crippen LogP contribution in [0.1, 0.15) is 12.5 Å². The van der Waals surface area contributed by atoms with Gasteiger partial charge in [0.1, 0.15) is 17.3 Å². The molecule has 0 unspecified atom stereocenters. The number of nitrogens with zero attached hydrogens (tertiary/aromatic N) is 3. The minimum absolute atomic E-state index is 0.00187. The van der Waals surface area contributed by atoms with Crippen molar-refractivity contribution in [1.29, 1.82) is 0 Å². The Morgan fingerprint density at radius 1 is 0.958 bits per heavy atom. The molecule has 1 aromatic heterocycles. The fraction of sp³-hybridized carbons (Fsp3) is 0.118. The molecule has 3 aromatic rings. The first-order valence-electron chi connectivity index (χ1n) is 7.43. The number of para-hydroxylation sites is 2. The van der Waals surface area contributed by atoms with Gasteiger partial charge in [-0.25, -0.2) is 8.78 Å². The van der Waals surface area contributed by atoms with E-state index in [4.69, 9.17) is 0 Å². The topological polar surface area (TPSA) is 62.7 Å². The number of benzene rings is 2. The van der Waals surface area contributed by atoms with Gasteiger partial charge in [-0.2, -0.15) is 10.1 Å². The fourth-order valence-electron chi connectivity index (χ4n) is 2.23. The molecule has 0 fully saturated rings. The van der Waals surface area contributed by atoms with E-state index in [1.807, 2.05) is 31.2 Å². The summed E-state index contributed by atoms with van der Waals surface area (Å²) in [6.07, 6.45) is 2.29. The number of anilines is 4. The lowest BCUT2D eigenvalue weighted by Crippen LogP contribution is -2.05. The second kappa shape index (κ2) is 6.99. The summed E-state index contributed by atoms with van der Waals surface area (Å²) in [7, 11) is 0. The van der Waals surface area contributed by atoms with Gasteiger partial charge in [-0.15, -0.1) is 5.10 Å². The van der Waals surface area contributed by atoms with Gasteiger partial charge in [0.2, 0.25) is 5.95 Å². The van der Waals surface area contributed by atoms with E-state index in [-0.39, 0.29) is 11.6 Å². The largest absolute Gasteiger partial charge is 0.339 e. The van der Waals surface area contributed by atoms with E-state index >= 15 is 0 Å². The summed E-state index contributed by atoms with van der Waals surface area (Å²) in [4.78, 5) is 4.19. The van der Waals surface area contributed by atoms with Gasteiger partial charge in [0, 0.05) is 5.69 Å². The molecule has 1 heterocycles. The van der Waals surface area contributed by atoms with E-state index < -0.39 is 11.6 Å². The summed E-state index contributed by atoms with van der Waals surface area (Å²) in [5.74, 6) is -1.04. The minimum Gasteiger partial charge on any atom is -0.339 e. The molecular weight excluding hydrogens is 312 g/mol. The highest BCUT2D eigenvalue weighted by molar-refractivity contribution is 5.62. The third kappa shape index (κ3) is 3.45. The summed E-state index contributed by atoms with van der Waals surface area (Å²) in [5.41, 5.74) is 1.69. The highest BCUT2D eigenvalue weighted by atomic mass is 19.1. The second-order valence-electron chi connectivity index (χ2n) is 5.02. The van der Waals surface area contributed by atoms with Crippen LogP contribution in [-0.4, -0.2) is 15.2 Å². The van der Waals surface area contributed by atoms with Gasteiger partial charge < -0.3 is 10.6 Å². The number of aromatic nitrogens is 3. The van der Waals surface area contributed by atoms with Gasteiger partial charge in [0.15, 0.2) is 5.82 Å². The summed E-state index contributed by atoms with van der Waals surface area (Å²) in [6.45, 7) is 2.05. The lowest BCUT2D eigenvalue weighted by molar-refractivity contribution is 0.590. The number of rotatable bonds is 5. The van der Waals surface area contributed by atoms with E-state index in [0.29, 0.717) is 5.82 Å². The first-order chi connectivity index (χ1) is 11.7. The average molecular weight is 327 g/mol. The van der Waals surface area contributed by atoms with Crippen LogP contribution in [0, 0.1) is 11.6 Å². The summed E-state index contributed by atoms with van der Waals surface area (Å²) in [6, 6.07) is 11.4. The third-order valence-corrected chi connectivity index (χ3v) is 3.42. The molecule has 24 heavy (non-hydrogen) atoms. The molecule has 0 aliphatic heterocycles. The normalized spacial score (nSPS) is 10.5. The molecule has 0 amide bonds. The monoisotopic (exact) mass is 327 g/mol. The first-order valence-corrected chi connectivity index (χ1v) is 7.43. The fourth-order valence-corrected chi connectivity index (χ4v) is 2.23. The molecule has 0 spiro atoms. The van der Waals surface area contributed by atoms with Crippen LogP contribution in [0.4, 0.5) is 31.9 Å². The van der Waals surface area contributed by atoms with Crippen molar-refractivity contribution in [1.82, 2.24) is 15.2 Å². The van der Waals surface area contributed by atoms with Crippen molar-refractivity contribution in [3.05, 3.63) is 65.9 Å². The standard InChI is InChI=1S/C17H15F2N5/c1-2-11-6-3-4-9-14(11)21-15-10-20-24-17(22-15)23-16-12(18)7-5-8-13(16)19/h3-10H,2H2,1H3,(H2,21,22,23,24). The Balaban J connectivity index is 1.84. The Hall–Kier alpha value is -3.09. The highest BCUT2D eigenvalue weighted by Gasteiger charge is 2.11. The molecule has 0 radical (unpaired) electrons. The maximum absolute atomic E-state index is 13.7. The maximum Gasteiger partial charge on any atom is 0.249 e. The number of hydrogen-bond donors (Lipinski definition) is 2. The Morgan fingerprint density at radius 3 is 2.46 bits per heavy atom. The molecule has 0 aliphatic carbocycles. The van der Waals surface area contributed by atoms with Crippen LogP contribution in [0.25, 0.3) is 0 Å². The quantitative estimate of drug-likeness (QED) is 0.735. The SMILES string of the molecule is CCc1ccccc1Nc1cnnc(Nc2c(F)cccc2F)n1. The highest BCUT2D eigenvalue weighted by Crippen LogP contribution is 2.23. The van der Waals surface area contributed by atoms with Gasteiger partial charge in [-0.3, -0.25) is 0 Å². The van der Waals surface area contributed by atoms with E-state index in [1.54, 1.807) is 0 Å². The van der Waals surface area contributed by atoms with Crippen molar-refractivity contribution in [3.63, 3.8) is 0 Å². The summed E-state index contributed by atoms with van der Waals surface area (Å²) in [5, 5.41) is 13.2. The number of aryl methyl sites for hydroxylation is 1. The molecule has 0 atom stereocenters. The van der Waals surface area contributed by atoms with Gasteiger partial charge in [0.25, 0.3) is 0 Å². The van der Waals surface area contributed by atoms with Crippen molar-refractivity contribution in [2.24, 2.45) is 0 Å². The van der Waals surface area contributed by atoms with Crippen LogP contribution in [-0.2, 0) is 6.42 Å². The molecule has 5 nitrogen and oxygen atoms in total. The number of nitrogens with one attached hydrogen (secondary N) is 2. The summed E-state index contributed by atoms with van der Waals surface area (Å²) < 4.78 is 27.4. The zero-order valence-electron chi connectivity index (χ0n) is 12.9. The Kier molecular flexibility index (Phi) is 4.60. The molecule has 0 saturated carbocycles. The second-order valence-corrected chi connectivity index (χ2v) is 5.02. The van der Waals surface area contributed by atoms with Gasteiger partial charge in [-0.1, -0.05) is 31.2 Å². The lowest BCUT2D eigenvalue weighted by Gasteiger charge is -2.11. The molecule has 0 bridgehead atoms. The molecule has 3 rings (SSSR count). The molecule has 2 aromatic carbocycles. The van der Waals surface area contributed by atoms with E-state index in [9.17, 15) is 8.78 Å². The van der Waals surface area contributed by atoms with Crippen LogP contribution in [0.5, 0.6) is 0 Å². The van der Waals surface area contributed by atoms with E-state index in [1.165, 1.54) is 12.3 Å². The minimum atomic E-state index is -0.728. The first kappa shape index (κ1) is 15.8. The van der Waals surface area contributed by atoms with Crippen molar-refractivity contribution >= 4 is 23.1 Å². The van der Waals surface area contributed by atoms with E-state index in [2.05, 4.69) is 25.8 Å². The zero-order chi connectivity index (χ0) is 16.9. The van der Waals surface area contributed by atoms with Gasteiger partial charge >= 0.3 is 0 Å². The molecule has 0 aliphatic rings.